The molecule has 1 amide bonds. The maximum Gasteiger partial charge on any atom is 0.305 e. The number of ether oxygens (including phenoxy) is 1. The number of rotatable bonds is 9. The number of amides is 1. The lowest BCUT2D eigenvalue weighted by Gasteiger charge is -2.06. The molecule has 4 nitrogen and oxygen atoms in total. The summed E-state index contributed by atoms with van der Waals surface area (Å²) in [6.07, 6.45) is 4.14. The summed E-state index contributed by atoms with van der Waals surface area (Å²) >= 11 is 5.76. The van der Waals surface area contributed by atoms with Crippen molar-refractivity contribution < 1.29 is 14.3 Å². The molecule has 0 aliphatic carbocycles. The number of hydrogen-bond donors (Lipinski definition) is 1. The van der Waals surface area contributed by atoms with Gasteiger partial charge in [0.05, 0.1) is 6.61 Å². The van der Waals surface area contributed by atoms with Crippen LogP contribution in [0.2, 0.25) is 5.02 Å². The first-order valence-corrected chi connectivity index (χ1v) is 7.70. The average molecular weight is 312 g/mol. The van der Waals surface area contributed by atoms with Crippen molar-refractivity contribution in [3.05, 3.63) is 29.3 Å². The minimum absolute atomic E-state index is 0.115. The van der Waals surface area contributed by atoms with E-state index in [4.69, 9.17) is 16.3 Å². The van der Waals surface area contributed by atoms with E-state index in [0.29, 0.717) is 30.2 Å². The Morgan fingerprint density at radius 1 is 1.10 bits per heavy atom. The maximum absolute atomic E-state index is 11.7. The van der Waals surface area contributed by atoms with E-state index in [-0.39, 0.29) is 18.3 Å². The molecule has 0 spiro atoms. The van der Waals surface area contributed by atoms with E-state index in [1.807, 2.05) is 0 Å². The van der Waals surface area contributed by atoms with Crippen LogP contribution in [0.15, 0.2) is 24.3 Å². The summed E-state index contributed by atoms with van der Waals surface area (Å²) in [5, 5.41) is 3.38. The van der Waals surface area contributed by atoms with Crippen molar-refractivity contribution in [3.8, 4) is 0 Å². The molecule has 0 atom stereocenters. The number of hydrogen-bond acceptors (Lipinski definition) is 3. The highest BCUT2D eigenvalue weighted by molar-refractivity contribution is 6.30. The zero-order valence-corrected chi connectivity index (χ0v) is 13.1. The number of anilines is 1. The van der Waals surface area contributed by atoms with Crippen LogP contribution in [-0.4, -0.2) is 18.5 Å². The lowest BCUT2D eigenvalue weighted by Crippen LogP contribution is -2.12. The Hall–Kier alpha value is -1.55. The molecule has 0 aliphatic heterocycles. The molecule has 1 aromatic carbocycles. The van der Waals surface area contributed by atoms with Gasteiger partial charge in [-0.3, -0.25) is 9.59 Å². The van der Waals surface area contributed by atoms with Crippen molar-refractivity contribution in [2.75, 3.05) is 11.9 Å². The molecule has 1 N–H and O–H groups in total. The van der Waals surface area contributed by atoms with Crippen LogP contribution < -0.4 is 5.32 Å². The normalized spacial score (nSPS) is 10.2. The van der Waals surface area contributed by atoms with Gasteiger partial charge in [-0.15, -0.1) is 0 Å². The van der Waals surface area contributed by atoms with Crippen molar-refractivity contribution in [3.63, 3.8) is 0 Å². The number of unbranched alkanes of at least 4 members (excludes halogenated alkanes) is 2. The monoisotopic (exact) mass is 311 g/mol. The molecule has 1 aromatic rings. The average Bonchev–Trinajstić information content (AvgIpc) is 2.46. The van der Waals surface area contributed by atoms with Crippen molar-refractivity contribution in [2.24, 2.45) is 0 Å². The van der Waals surface area contributed by atoms with Crippen LogP contribution in [0.5, 0.6) is 0 Å². The number of benzene rings is 1. The molecule has 5 heteroatoms. The molecule has 0 heterocycles. The van der Waals surface area contributed by atoms with Crippen molar-refractivity contribution in [2.45, 2.75) is 45.4 Å². The van der Waals surface area contributed by atoms with Gasteiger partial charge in [-0.25, -0.2) is 0 Å². The standard InChI is InChI=1S/C16H22ClNO3/c1-2-3-4-12-21-16(20)7-5-6-15(19)18-14-10-8-13(17)9-11-14/h8-11H,2-7,12H2,1H3,(H,18,19). The summed E-state index contributed by atoms with van der Waals surface area (Å²) in [4.78, 5) is 23.1. The number of carbonyl (C=O) groups is 2. The van der Waals surface area contributed by atoms with Crippen LogP contribution in [0.25, 0.3) is 0 Å². The molecular weight excluding hydrogens is 290 g/mol. The van der Waals surface area contributed by atoms with Gasteiger partial charge >= 0.3 is 5.97 Å². The van der Waals surface area contributed by atoms with Gasteiger partial charge in [-0.2, -0.15) is 0 Å². The van der Waals surface area contributed by atoms with E-state index in [1.165, 1.54) is 0 Å². The molecule has 21 heavy (non-hydrogen) atoms. The van der Waals surface area contributed by atoms with Crippen LogP contribution in [0, 0.1) is 0 Å². The Labute approximate surface area is 130 Å². The van der Waals surface area contributed by atoms with Gasteiger partial charge in [0, 0.05) is 23.6 Å². The minimum atomic E-state index is -0.231. The Morgan fingerprint density at radius 3 is 2.48 bits per heavy atom. The smallest absolute Gasteiger partial charge is 0.305 e. The fourth-order valence-corrected chi connectivity index (χ4v) is 1.89. The van der Waals surface area contributed by atoms with E-state index in [1.54, 1.807) is 24.3 Å². The highest BCUT2D eigenvalue weighted by Crippen LogP contribution is 2.13. The van der Waals surface area contributed by atoms with E-state index >= 15 is 0 Å². The van der Waals surface area contributed by atoms with Crippen LogP contribution in [0.1, 0.15) is 45.4 Å². The third-order valence-corrected chi connectivity index (χ3v) is 3.18. The molecule has 0 aliphatic rings. The molecule has 0 fully saturated rings. The third kappa shape index (κ3) is 8.35. The van der Waals surface area contributed by atoms with E-state index < -0.39 is 0 Å². The minimum Gasteiger partial charge on any atom is -0.466 e. The summed E-state index contributed by atoms with van der Waals surface area (Å²) in [6.45, 7) is 2.57. The lowest BCUT2D eigenvalue weighted by atomic mass is 10.2. The highest BCUT2D eigenvalue weighted by atomic mass is 35.5. The van der Waals surface area contributed by atoms with Crippen LogP contribution in [-0.2, 0) is 14.3 Å². The van der Waals surface area contributed by atoms with E-state index in [2.05, 4.69) is 12.2 Å². The van der Waals surface area contributed by atoms with Crippen LogP contribution in [0.3, 0.4) is 0 Å². The number of halogens is 1. The number of esters is 1. The van der Waals surface area contributed by atoms with Gasteiger partial charge in [-0.05, 0) is 37.1 Å². The van der Waals surface area contributed by atoms with E-state index in [9.17, 15) is 9.59 Å². The van der Waals surface area contributed by atoms with Crippen LogP contribution in [0.4, 0.5) is 5.69 Å². The molecule has 0 saturated heterocycles. The number of nitrogens with one attached hydrogen (secondary N) is 1. The fraction of sp³-hybridized carbons (Fsp3) is 0.500. The molecular formula is C16H22ClNO3. The van der Waals surface area contributed by atoms with Crippen molar-refractivity contribution in [1.82, 2.24) is 0 Å². The molecule has 0 bridgehead atoms. The lowest BCUT2D eigenvalue weighted by molar-refractivity contribution is -0.143. The van der Waals surface area contributed by atoms with Crippen LogP contribution >= 0.6 is 11.6 Å². The topological polar surface area (TPSA) is 55.4 Å². The predicted octanol–water partition coefficient (Wildman–Crippen LogP) is 4.18. The summed E-state index contributed by atoms with van der Waals surface area (Å²) in [5.41, 5.74) is 0.701. The molecule has 1 rings (SSSR count). The summed E-state index contributed by atoms with van der Waals surface area (Å²) < 4.78 is 5.07. The molecule has 0 saturated carbocycles. The number of carbonyl (C=O) groups excluding carboxylic acids is 2. The van der Waals surface area contributed by atoms with Gasteiger partial charge in [0.25, 0.3) is 0 Å². The van der Waals surface area contributed by atoms with Gasteiger partial charge < -0.3 is 10.1 Å². The van der Waals surface area contributed by atoms with Crippen molar-refractivity contribution in [1.29, 1.82) is 0 Å². The quantitative estimate of drug-likeness (QED) is 0.550. The molecule has 116 valence electrons. The van der Waals surface area contributed by atoms with Gasteiger partial charge in [0.15, 0.2) is 0 Å². The Morgan fingerprint density at radius 2 is 1.81 bits per heavy atom. The Balaban J connectivity index is 2.12. The maximum atomic E-state index is 11.7. The Kier molecular flexibility index (Phi) is 8.51. The largest absolute Gasteiger partial charge is 0.466 e. The second kappa shape index (κ2) is 10.2. The van der Waals surface area contributed by atoms with Gasteiger partial charge in [-0.1, -0.05) is 31.4 Å². The van der Waals surface area contributed by atoms with E-state index in [0.717, 1.165) is 19.3 Å². The molecule has 0 radical (unpaired) electrons. The predicted molar refractivity (Wildman–Crippen MR) is 84.4 cm³/mol. The second-order valence-corrected chi connectivity index (χ2v) is 5.27. The highest BCUT2D eigenvalue weighted by Gasteiger charge is 2.06. The first-order valence-electron chi connectivity index (χ1n) is 7.33. The zero-order chi connectivity index (χ0) is 15.5. The second-order valence-electron chi connectivity index (χ2n) is 4.84. The Bertz CT molecular complexity index is 445. The zero-order valence-electron chi connectivity index (χ0n) is 12.4. The van der Waals surface area contributed by atoms with Crippen molar-refractivity contribution >= 4 is 29.2 Å². The van der Waals surface area contributed by atoms with Gasteiger partial charge in [0.1, 0.15) is 0 Å². The fourth-order valence-electron chi connectivity index (χ4n) is 1.76. The first-order chi connectivity index (χ1) is 10.1. The first kappa shape index (κ1) is 17.5. The molecule has 0 aromatic heterocycles. The SMILES string of the molecule is CCCCCOC(=O)CCCC(=O)Nc1ccc(Cl)cc1. The van der Waals surface area contributed by atoms with Gasteiger partial charge in [0.2, 0.25) is 5.91 Å². The summed E-state index contributed by atoms with van der Waals surface area (Å²) in [6, 6.07) is 6.90. The summed E-state index contributed by atoms with van der Waals surface area (Å²) in [5.74, 6) is -0.346. The summed E-state index contributed by atoms with van der Waals surface area (Å²) in [7, 11) is 0. The molecule has 0 unspecified atom stereocenters. The third-order valence-electron chi connectivity index (χ3n) is 2.92.